The van der Waals surface area contributed by atoms with E-state index in [9.17, 15) is 8.78 Å². The van der Waals surface area contributed by atoms with E-state index in [0.717, 1.165) is 12.8 Å². The van der Waals surface area contributed by atoms with Gasteiger partial charge in [0.15, 0.2) is 0 Å². The van der Waals surface area contributed by atoms with Gasteiger partial charge >= 0.3 is 0 Å². The minimum Gasteiger partial charge on any atom is -0.380 e. The van der Waals surface area contributed by atoms with Crippen LogP contribution < -0.4 is 5.32 Å². The Morgan fingerprint density at radius 2 is 1.94 bits per heavy atom. The molecule has 0 amide bonds. The molecule has 0 saturated carbocycles. The summed E-state index contributed by atoms with van der Waals surface area (Å²) in [5.74, 6) is -0.835. The highest BCUT2D eigenvalue weighted by molar-refractivity contribution is 5.46. The van der Waals surface area contributed by atoms with E-state index in [-0.39, 0.29) is 5.69 Å². The number of hydrogen-bond acceptors (Lipinski definition) is 2. The molecule has 2 nitrogen and oxygen atoms in total. The zero-order chi connectivity index (χ0) is 12.7. The first-order valence-corrected chi connectivity index (χ1v) is 5.92. The summed E-state index contributed by atoms with van der Waals surface area (Å²) in [7, 11) is 0. The summed E-state index contributed by atoms with van der Waals surface area (Å²) < 4.78 is 31.9. The van der Waals surface area contributed by atoms with Gasteiger partial charge in [0.25, 0.3) is 0 Å². The van der Waals surface area contributed by atoms with Crippen LogP contribution in [0.25, 0.3) is 0 Å². The second-order valence-electron chi connectivity index (χ2n) is 3.97. The zero-order valence-corrected chi connectivity index (χ0v) is 10.4. The first-order valence-electron chi connectivity index (χ1n) is 5.92. The van der Waals surface area contributed by atoms with Crippen molar-refractivity contribution >= 4 is 5.69 Å². The number of benzene rings is 1. The quantitative estimate of drug-likeness (QED) is 0.740. The lowest BCUT2D eigenvalue weighted by Gasteiger charge is -2.09. The van der Waals surface area contributed by atoms with Crippen LogP contribution in [0, 0.1) is 18.6 Å². The van der Waals surface area contributed by atoms with Crippen molar-refractivity contribution in [3.05, 3.63) is 29.3 Å². The second kappa shape index (κ2) is 7.22. The molecule has 4 heteroatoms. The third-order valence-corrected chi connectivity index (χ3v) is 2.45. The van der Waals surface area contributed by atoms with Crippen LogP contribution in [0.4, 0.5) is 14.5 Å². The Morgan fingerprint density at radius 3 is 2.65 bits per heavy atom. The van der Waals surface area contributed by atoms with Gasteiger partial charge in [0, 0.05) is 19.2 Å². The van der Waals surface area contributed by atoms with Crippen LogP contribution in [0.3, 0.4) is 0 Å². The van der Waals surface area contributed by atoms with E-state index in [4.69, 9.17) is 4.74 Å². The Hall–Kier alpha value is -1.16. The van der Waals surface area contributed by atoms with Gasteiger partial charge in [0.2, 0.25) is 0 Å². The topological polar surface area (TPSA) is 21.3 Å². The van der Waals surface area contributed by atoms with Crippen LogP contribution in [0.15, 0.2) is 12.1 Å². The maximum atomic E-state index is 13.4. The van der Waals surface area contributed by atoms with Gasteiger partial charge in [-0.3, -0.25) is 0 Å². The molecule has 1 aromatic rings. The van der Waals surface area contributed by atoms with Crippen molar-refractivity contribution in [1.29, 1.82) is 0 Å². The van der Waals surface area contributed by atoms with Crippen LogP contribution in [-0.2, 0) is 4.74 Å². The number of anilines is 1. The molecule has 0 spiro atoms. The molecule has 0 heterocycles. The van der Waals surface area contributed by atoms with Crippen molar-refractivity contribution in [1.82, 2.24) is 0 Å². The predicted octanol–water partition coefficient (Wildman–Crippen LogP) is 3.50. The highest BCUT2D eigenvalue weighted by atomic mass is 19.1. The highest BCUT2D eigenvalue weighted by Crippen LogP contribution is 2.18. The molecular formula is C13H19F2NO. The Kier molecular flexibility index (Phi) is 5.91. The molecule has 0 saturated heterocycles. The van der Waals surface area contributed by atoms with Gasteiger partial charge in [-0.15, -0.1) is 0 Å². The fourth-order valence-electron chi connectivity index (χ4n) is 1.39. The number of halogens is 2. The minimum absolute atomic E-state index is 0.187. The van der Waals surface area contributed by atoms with E-state index in [1.807, 2.05) is 0 Å². The lowest BCUT2D eigenvalue weighted by Crippen LogP contribution is -2.11. The summed E-state index contributed by atoms with van der Waals surface area (Å²) >= 11 is 0. The van der Waals surface area contributed by atoms with Crippen LogP contribution in [0.5, 0.6) is 0 Å². The first kappa shape index (κ1) is 13.9. The van der Waals surface area contributed by atoms with Crippen molar-refractivity contribution in [2.45, 2.75) is 26.7 Å². The summed E-state index contributed by atoms with van der Waals surface area (Å²) in [4.78, 5) is 0. The maximum Gasteiger partial charge on any atom is 0.146 e. The maximum absolute atomic E-state index is 13.4. The molecule has 0 atom stereocenters. The van der Waals surface area contributed by atoms with Gasteiger partial charge in [-0.2, -0.15) is 0 Å². The summed E-state index contributed by atoms with van der Waals surface area (Å²) in [5, 5.41) is 2.82. The summed E-state index contributed by atoms with van der Waals surface area (Å²) in [5.41, 5.74) is 0.499. The zero-order valence-electron chi connectivity index (χ0n) is 10.4. The fraction of sp³-hybridized carbons (Fsp3) is 0.538. The molecule has 0 bridgehead atoms. The molecular weight excluding hydrogens is 224 g/mol. The van der Waals surface area contributed by atoms with Crippen molar-refractivity contribution in [3.8, 4) is 0 Å². The van der Waals surface area contributed by atoms with Crippen molar-refractivity contribution < 1.29 is 13.5 Å². The molecule has 96 valence electrons. The van der Waals surface area contributed by atoms with Gasteiger partial charge in [-0.05, 0) is 25.0 Å². The number of aryl methyl sites for hydroxylation is 1. The molecule has 0 fully saturated rings. The lowest BCUT2D eigenvalue weighted by atomic mass is 10.2. The molecule has 1 rings (SSSR count). The van der Waals surface area contributed by atoms with E-state index in [0.29, 0.717) is 25.3 Å². The third-order valence-electron chi connectivity index (χ3n) is 2.45. The number of unbranched alkanes of at least 4 members (excludes halogenated alkanes) is 1. The molecule has 1 N–H and O–H groups in total. The second-order valence-corrected chi connectivity index (χ2v) is 3.97. The normalized spacial score (nSPS) is 10.6. The average Bonchev–Trinajstić information content (AvgIpc) is 2.30. The molecule has 0 aliphatic rings. The Balaban J connectivity index is 2.34. The number of hydrogen-bond donors (Lipinski definition) is 1. The number of nitrogens with one attached hydrogen (secondary N) is 1. The smallest absolute Gasteiger partial charge is 0.146 e. The first-order chi connectivity index (χ1) is 8.15. The predicted molar refractivity (Wildman–Crippen MR) is 65.3 cm³/mol. The molecule has 0 unspecified atom stereocenters. The summed E-state index contributed by atoms with van der Waals surface area (Å²) in [6, 6.07) is 2.37. The highest BCUT2D eigenvalue weighted by Gasteiger charge is 2.06. The van der Waals surface area contributed by atoms with Gasteiger partial charge in [-0.25, -0.2) is 8.78 Å². The van der Waals surface area contributed by atoms with E-state index >= 15 is 0 Å². The lowest BCUT2D eigenvalue weighted by molar-refractivity contribution is 0.141. The fourth-order valence-corrected chi connectivity index (χ4v) is 1.39. The van der Waals surface area contributed by atoms with E-state index in [1.165, 1.54) is 19.1 Å². The monoisotopic (exact) mass is 243 g/mol. The molecule has 0 aromatic heterocycles. The molecule has 0 aliphatic heterocycles. The molecule has 0 aliphatic carbocycles. The Bertz CT molecular complexity index is 356. The molecule has 1 aromatic carbocycles. The molecule has 0 radical (unpaired) electrons. The van der Waals surface area contributed by atoms with Gasteiger partial charge in [-0.1, -0.05) is 13.3 Å². The third kappa shape index (κ3) is 4.69. The van der Waals surface area contributed by atoms with Crippen LogP contribution in [0.1, 0.15) is 25.3 Å². The summed E-state index contributed by atoms with van der Waals surface area (Å²) in [6.45, 7) is 5.31. The van der Waals surface area contributed by atoms with Crippen molar-refractivity contribution in [2.24, 2.45) is 0 Å². The largest absolute Gasteiger partial charge is 0.380 e. The Labute approximate surface area is 101 Å². The van der Waals surface area contributed by atoms with E-state index in [2.05, 4.69) is 12.2 Å². The van der Waals surface area contributed by atoms with Crippen LogP contribution in [0.2, 0.25) is 0 Å². The minimum atomic E-state index is -0.433. The SMILES string of the molecule is CCCCOCCNc1cc(F)c(C)cc1F. The van der Waals surface area contributed by atoms with Gasteiger partial charge in [0.1, 0.15) is 11.6 Å². The standard InChI is InChI=1S/C13H19F2NO/c1-3-4-6-17-7-5-16-13-9-11(14)10(2)8-12(13)15/h8-9,16H,3-7H2,1-2H3. The van der Waals surface area contributed by atoms with E-state index < -0.39 is 11.6 Å². The number of rotatable bonds is 7. The summed E-state index contributed by atoms with van der Waals surface area (Å²) in [6.07, 6.45) is 2.11. The van der Waals surface area contributed by atoms with E-state index in [1.54, 1.807) is 0 Å². The van der Waals surface area contributed by atoms with Crippen LogP contribution >= 0.6 is 0 Å². The average molecular weight is 243 g/mol. The van der Waals surface area contributed by atoms with Gasteiger partial charge < -0.3 is 10.1 Å². The van der Waals surface area contributed by atoms with Crippen molar-refractivity contribution in [3.63, 3.8) is 0 Å². The van der Waals surface area contributed by atoms with Crippen molar-refractivity contribution in [2.75, 3.05) is 25.1 Å². The Morgan fingerprint density at radius 1 is 1.18 bits per heavy atom. The number of ether oxygens (including phenoxy) is 1. The van der Waals surface area contributed by atoms with Crippen LogP contribution in [-0.4, -0.2) is 19.8 Å². The molecule has 17 heavy (non-hydrogen) atoms. The van der Waals surface area contributed by atoms with Gasteiger partial charge in [0.05, 0.1) is 12.3 Å².